The van der Waals surface area contributed by atoms with Gasteiger partial charge in [-0.05, 0) is 61.4 Å². The number of unbranched alkanes of at least 4 members (excludes halogenated alkanes) is 8. The second kappa shape index (κ2) is 12.6. The first-order chi connectivity index (χ1) is 16.7. The maximum absolute atomic E-state index is 13.0. The van der Waals surface area contributed by atoms with Crippen molar-refractivity contribution in [2.45, 2.75) is 109 Å². The molecule has 0 spiro atoms. The summed E-state index contributed by atoms with van der Waals surface area (Å²) in [6, 6.07) is 1.67. The van der Waals surface area contributed by atoms with Crippen LogP contribution < -0.4 is 10.1 Å². The van der Waals surface area contributed by atoms with Crippen molar-refractivity contribution in [3.8, 4) is 5.75 Å². The van der Waals surface area contributed by atoms with Crippen LogP contribution >= 0.6 is 31.9 Å². The molecule has 0 unspecified atom stereocenters. The summed E-state index contributed by atoms with van der Waals surface area (Å²) in [5, 5.41) is 12.9. The zero-order valence-electron chi connectivity index (χ0n) is 21.6. The number of carbonyl (C=O) groups is 2. The molecule has 2 N–H and O–H groups in total. The van der Waals surface area contributed by atoms with Gasteiger partial charge < -0.3 is 15.2 Å². The van der Waals surface area contributed by atoms with Gasteiger partial charge in [-0.2, -0.15) is 0 Å². The van der Waals surface area contributed by atoms with Gasteiger partial charge in [-0.3, -0.25) is 9.59 Å². The van der Waals surface area contributed by atoms with Crippen molar-refractivity contribution >= 4 is 43.7 Å². The Morgan fingerprint density at radius 2 is 1.71 bits per heavy atom. The molecule has 4 atom stereocenters. The normalized spacial score (nSPS) is 25.0. The quantitative estimate of drug-likeness (QED) is 0.140. The first-order valence-corrected chi connectivity index (χ1v) is 14.9. The number of hydrogen-bond donors (Lipinski definition) is 2. The fourth-order valence-corrected chi connectivity index (χ4v) is 7.77. The fourth-order valence-electron chi connectivity index (χ4n) is 6.03. The van der Waals surface area contributed by atoms with E-state index in [0.29, 0.717) is 16.6 Å². The average Bonchev–Trinajstić information content (AvgIpc) is 3.29. The van der Waals surface area contributed by atoms with Gasteiger partial charge in [-0.25, -0.2) is 0 Å². The van der Waals surface area contributed by atoms with Crippen LogP contribution in [0.4, 0.5) is 0 Å². The van der Waals surface area contributed by atoms with Crippen LogP contribution in [0.5, 0.6) is 5.75 Å². The van der Waals surface area contributed by atoms with Crippen LogP contribution in [0.3, 0.4) is 0 Å². The molecule has 1 aromatic carbocycles. The molecule has 2 aliphatic rings. The van der Waals surface area contributed by atoms with Gasteiger partial charge in [-0.15, -0.1) is 0 Å². The highest BCUT2D eigenvalue weighted by atomic mass is 79.9. The number of halogens is 2. The summed E-state index contributed by atoms with van der Waals surface area (Å²) in [5.41, 5.74) is 1.59. The van der Waals surface area contributed by atoms with Crippen LogP contribution in [-0.4, -0.2) is 29.6 Å². The lowest BCUT2D eigenvalue weighted by Crippen LogP contribution is -2.40. The molecule has 0 bridgehead atoms. The number of aliphatic hydroxyl groups excluding tert-OH is 1. The number of aliphatic hydroxyl groups is 1. The molecule has 35 heavy (non-hydrogen) atoms. The summed E-state index contributed by atoms with van der Waals surface area (Å²) in [7, 11) is 0. The van der Waals surface area contributed by atoms with E-state index in [2.05, 4.69) is 64.9 Å². The molecule has 196 valence electrons. The van der Waals surface area contributed by atoms with Crippen molar-refractivity contribution < 1.29 is 19.4 Å². The van der Waals surface area contributed by atoms with Crippen molar-refractivity contribution in [1.82, 2.24) is 5.32 Å². The maximum Gasteiger partial charge on any atom is 0.311 e. The van der Waals surface area contributed by atoms with Gasteiger partial charge in [0.2, 0.25) is 5.91 Å². The molecule has 5 nitrogen and oxygen atoms in total. The predicted molar refractivity (Wildman–Crippen MR) is 147 cm³/mol. The molecule has 0 aromatic heterocycles. The lowest BCUT2D eigenvalue weighted by Gasteiger charge is -2.36. The minimum absolute atomic E-state index is 0.0200. The Balaban J connectivity index is 1.69. The summed E-state index contributed by atoms with van der Waals surface area (Å²) in [6.07, 6.45) is 11.2. The molecule has 1 heterocycles. The summed E-state index contributed by atoms with van der Waals surface area (Å²) in [6.45, 7) is 8.49. The van der Waals surface area contributed by atoms with Crippen molar-refractivity contribution in [3.63, 3.8) is 0 Å². The van der Waals surface area contributed by atoms with Crippen molar-refractivity contribution in [2.24, 2.45) is 11.8 Å². The third kappa shape index (κ3) is 5.82. The SMILES string of the molecule is CCCCCCCCCCCC(=O)Oc1c(Br)cc2c(c1Br)[C@@](C)(C(C)C)[C@H]1C(=O)N[C@H](CO)[C@@H]21. The molecule has 1 aliphatic heterocycles. The zero-order chi connectivity index (χ0) is 25.8. The van der Waals surface area contributed by atoms with Crippen LogP contribution in [0.15, 0.2) is 15.0 Å². The number of ether oxygens (including phenoxy) is 1. The highest BCUT2D eigenvalue weighted by Gasteiger charge is 2.61. The Morgan fingerprint density at radius 3 is 2.29 bits per heavy atom. The van der Waals surface area contributed by atoms with E-state index < -0.39 is 5.41 Å². The van der Waals surface area contributed by atoms with Gasteiger partial charge in [0.25, 0.3) is 0 Å². The van der Waals surface area contributed by atoms with Gasteiger partial charge in [0.05, 0.1) is 27.5 Å². The Hall–Kier alpha value is -0.920. The van der Waals surface area contributed by atoms with Crippen LogP contribution in [0, 0.1) is 11.8 Å². The van der Waals surface area contributed by atoms with E-state index in [-0.39, 0.29) is 42.3 Å². The third-order valence-corrected chi connectivity index (χ3v) is 9.60. The topological polar surface area (TPSA) is 75.6 Å². The third-order valence-electron chi connectivity index (χ3n) is 8.25. The number of nitrogens with one attached hydrogen (secondary N) is 1. The Kier molecular flexibility index (Phi) is 10.3. The smallest absolute Gasteiger partial charge is 0.311 e. The number of carbonyl (C=O) groups excluding carboxylic acids is 2. The molecule has 3 rings (SSSR count). The van der Waals surface area contributed by atoms with Crippen molar-refractivity contribution in [3.05, 3.63) is 26.1 Å². The molecule has 1 aromatic rings. The Morgan fingerprint density at radius 1 is 1.11 bits per heavy atom. The standard InChI is InChI=1S/C28H41Br2NO4/c1-5-6-7-8-9-10-11-12-13-14-21(33)35-26-19(29)15-18-22-20(16-32)31-27(34)24(22)28(4,17(2)3)23(18)25(26)30/h15,17,20,22,24,32H,5-14,16H2,1-4H3,(H,31,34)/t20-,22-,24-,28-/m1/s1. The van der Waals surface area contributed by atoms with Crippen LogP contribution in [-0.2, 0) is 15.0 Å². The van der Waals surface area contributed by atoms with Crippen LogP contribution in [0.25, 0.3) is 0 Å². The highest BCUT2D eigenvalue weighted by Crippen LogP contribution is 2.61. The van der Waals surface area contributed by atoms with Crippen molar-refractivity contribution in [2.75, 3.05) is 6.61 Å². The maximum atomic E-state index is 13.0. The molecule has 0 saturated carbocycles. The van der Waals surface area contributed by atoms with E-state index in [1.54, 1.807) is 0 Å². The van der Waals surface area contributed by atoms with Crippen molar-refractivity contribution in [1.29, 1.82) is 0 Å². The van der Waals surface area contributed by atoms with Gasteiger partial charge in [0, 0.05) is 17.8 Å². The Bertz CT molecular complexity index is 919. The molecule has 1 fully saturated rings. The van der Waals surface area contributed by atoms with E-state index in [1.165, 1.54) is 38.5 Å². The van der Waals surface area contributed by atoms with Crippen LogP contribution in [0.1, 0.15) is 109 Å². The van der Waals surface area contributed by atoms with Gasteiger partial charge >= 0.3 is 5.97 Å². The van der Waals surface area contributed by atoms with E-state index in [1.807, 2.05) is 6.07 Å². The van der Waals surface area contributed by atoms with Gasteiger partial charge in [0.1, 0.15) is 0 Å². The fraction of sp³-hybridized carbons (Fsp3) is 0.714. The minimum Gasteiger partial charge on any atom is -0.424 e. The number of esters is 1. The van der Waals surface area contributed by atoms with Gasteiger partial charge in [-0.1, -0.05) is 79.1 Å². The second-order valence-electron chi connectivity index (χ2n) is 10.8. The summed E-state index contributed by atoms with van der Waals surface area (Å²) in [5.74, 6) is 0.0121. The highest BCUT2D eigenvalue weighted by molar-refractivity contribution is 9.11. The molecular formula is C28H41Br2NO4. The molecule has 7 heteroatoms. The lowest BCUT2D eigenvalue weighted by atomic mass is 9.67. The zero-order valence-corrected chi connectivity index (χ0v) is 24.8. The monoisotopic (exact) mass is 613 g/mol. The first-order valence-electron chi connectivity index (χ1n) is 13.3. The lowest BCUT2D eigenvalue weighted by molar-refractivity contribution is -0.134. The van der Waals surface area contributed by atoms with Crippen LogP contribution in [0.2, 0.25) is 0 Å². The van der Waals surface area contributed by atoms with E-state index in [0.717, 1.165) is 34.9 Å². The number of fused-ring (bicyclic) bond motifs is 3. The first kappa shape index (κ1) is 28.6. The number of hydrogen-bond acceptors (Lipinski definition) is 4. The summed E-state index contributed by atoms with van der Waals surface area (Å²) < 4.78 is 7.29. The molecule has 1 amide bonds. The summed E-state index contributed by atoms with van der Waals surface area (Å²) in [4.78, 5) is 25.7. The van der Waals surface area contributed by atoms with E-state index >= 15 is 0 Å². The number of amides is 1. The van der Waals surface area contributed by atoms with E-state index in [9.17, 15) is 14.7 Å². The average molecular weight is 615 g/mol. The summed E-state index contributed by atoms with van der Waals surface area (Å²) >= 11 is 7.36. The van der Waals surface area contributed by atoms with E-state index in [4.69, 9.17) is 4.74 Å². The molecule has 1 saturated heterocycles. The van der Waals surface area contributed by atoms with Gasteiger partial charge in [0.15, 0.2) is 5.75 Å². The second-order valence-corrected chi connectivity index (χ2v) is 12.4. The minimum atomic E-state index is -0.453. The molecule has 0 radical (unpaired) electrons. The largest absolute Gasteiger partial charge is 0.424 e. The predicted octanol–water partition coefficient (Wildman–Crippen LogP) is 7.16. The molecule has 1 aliphatic carbocycles. The molecular weight excluding hydrogens is 574 g/mol. The Labute approximate surface area is 227 Å². The number of benzene rings is 1. The number of rotatable bonds is 13.